The average Bonchev–Trinajstić information content (AvgIpc) is 2.11. The van der Waals surface area contributed by atoms with E-state index in [0.29, 0.717) is 10.9 Å². The first-order chi connectivity index (χ1) is 6.55. The highest BCUT2D eigenvalue weighted by Gasteiger charge is 2.48. The zero-order valence-corrected chi connectivity index (χ0v) is 10.3. The van der Waals surface area contributed by atoms with Gasteiger partial charge in [0.25, 0.3) is 0 Å². The van der Waals surface area contributed by atoms with Crippen LogP contribution in [0.25, 0.3) is 0 Å². The number of likely N-dealkylation sites (tertiary alicyclic amines) is 1. The lowest BCUT2D eigenvalue weighted by molar-refractivity contribution is -0.0396. The van der Waals surface area contributed by atoms with Crippen LogP contribution < -0.4 is 0 Å². The molecule has 0 N–H and O–H groups in total. The van der Waals surface area contributed by atoms with Crippen LogP contribution >= 0.6 is 11.6 Å². The van der Waals surface area contributed by atoms with Crippen molar-refractivity contribution < 1.29 is 0 Å². The van der Waals surface area contributed by atoms with Gasteiger partial charge in [-0.1, -0.05) is 6.92 Å². The smallest absolute Gasteiger partial charge is 0.0342 e. The van der Waals surface area contributed by atoms with E-state index in [1.165, 1.54) is 32.2 Å². The van der Waals surface area contributed by atoms with Gasteiger partial charge in [0.05, 0.1) is 0 Å². The third-order valence-electron chi connectivity index (χ3n) is 4.84. The third-order valence-corrected chi connectivity index (χ3v) is 5.20. The summed E-state index contributed by atoms with van der Waals surface area (Å²) >= 11 is 6.32. The summed E-state index contributed by atoms with van der Waals surface area (Å²) in [6, 6.07) is 0. The van der Waals surface area contributed by atoms with Gasteiger partial charge in [-0.15, -0.1) is 11.6 Å². The van der Waals surface area contributed by atoms with E-state index < -0.39 is 0 Å². The Morgan fingerprint density at radius 1 is 1.36 bits per heavy atom. The van der Waals surface area contributed by atoms with Gasteiger partial charge in [0.1, 0.15) is 0 Å². The molecule has 2 aliphatic rings. The third kappa shape index (κ3) is 1.49. The molecule has 2 rings (SSSR count). The second-order valence-electron chi connectivity index (χ2n) is 5.46. The van der Waals surface area contributed by atoms with Crippen molar-refractivity contribution in [1.82, 2.24) is 4.90 Å². The highest BCUT2D eigenvalue weighted by Crippen LogP contribution is 2.47. The minimum atomic E-state index is 0.420. The van der Waals surface area contributed by atoms with Gasteiger partial charge in [-0.25, -0.2) is 0 Å². The largest absolute Gasteiger partial charge is 0.300 e. The molecule has 0 amide bonds. The van der Waals surface area contributed by atoms with Crippen LogP contribution in [-0.4, -0.2) is 29.4 Å². The molecule has 1 aliphatic carbocycles. The standard InChI is InChI=1S/C12H22ClN/c1-9-7-11(13)8-10-5-4-6-14(3)12(9,10)2/h9-11H,4-8H2,1-3H3/t9?,10-,11?,12?/m0/s1. The van der Waals surface area contributed by atoms with E-state index in [-0.39, 0.29) is 0 Å². The number of nitrogens with zero attached hydrogens (tertiary/aromatic N) is 1. The Hall–Kier alpha value is 0.250. The molecule has 4 atom stereocenters. The van der Waals surface area contributed by atoms with Crippen LogP contribution in [0.2, 0.25) is 0 Å². The molecule has 14 heavy (non-hydrogen) atoms. The molecule has 1 saturated heterocycles. The normalized spacial score (nSPS) is 50.1. The summed E-state index contributed by atoms with van der Waals surface area (Å²) in [7, 11) is 2.29. The van der Waals surface area contributed by atoms with E-state index in [4.69, 9.17) is 11.6 Å². The van der Waals surface area contributed by atoms with E-state index >= 15 is 0 Å². The summed E-state index contributed by atoms with van der Waals surface area (Å²) in [6.45, 7) is 6.10. The summed E-state index contributed by atoms with van der Waals surface area (Å²) in [5.74, 6) is 1.57. The first-order valence-corrected chi connectivity index (χ1v) is 6.34. The van der Waals surface area contributed by atoms with Crippen LogP contribution in [0.1, 0.15) is 39.5 Å². The van der Waals surface area contributed by atoms with Crippen molar-refractivity contribution in [2.75, 3.05) is 13.6 Å². The molecule has 0 aromatic carbocycles. The summed E-state index contributed by atoms with van der Waals surface area (Å²) in [4.78, 5) is 2.58. The van der Waals surface area contributed by atoms with E-state index in [0.717, 1.165) is 11.8 Å². The Labute approximate surface area is 92.8 Å². The van der Waals surface area contributed by atoms with Gasteiger partial charge in [-0.3, -0.25) is 0 Å². The SMILES string of the molecule is CC1CC(Cl)C[C@@H]2CCCN(C)C12C. The number of alkyl halides is 1. The predicted molar refractivity (Wildman–Crippen MR) is 61.8 cm³/mol. The fraction of sp³-hybridized carbons (Fsp3) is 1.00. The van der Waals surface area contributed by atoms with Crippen molar-refractivity contribution >= 4 is 11.6 Å². The summed E-state index contributed by atoms with van der Waals surface area (Å²) < 4.78 is 0. The van der Waals surface area contributed by atoms with Gasteiger partial charge in [0, 0.05) is 10.9 Å². The van der Waals surface area contributed by atoms with Crippen LogP contribution in [0.4, 0.5) is 0 Å². The first-order valence-electron chi connectivity index (χ1n) is 5.90. The Bertz CT molecular complexity index is 218. The fourth-order valence-corrected chi connectivity index (χ4v) is 4.06. The van der Waals surface area contributed by atoms with Gasteiger partial charge in [-0.05, 0) is 58.0 Å². The Balaban J connectivity index is 2.22. The van der Waals surface area contributed by atoms with Crippen molar-refractivity contribution in [3.05, 3.63) is 0 Å². The minimum absolute atomic E-state index is 0.420. The summed E-state index contributed by atoms with van der Waals surface area (Å²) in [5, 5.41) is 0.426. The lowest BCUT2D eigenvalue weighted by Crippen LogP contribution is -2.60. The summed E-state index contributed by atoms with van der Waals surface area (Å²) in [5.41, 5.74) is 0.420. The highest BCUT2D eigenvalue weighted by molar-refractivity contribution is 6.20. The number of rotatable bonds is 0. The Kier molecular flexibility index (Phi) is 2.83. The van der Waals surface area contributed by atoms with Gasteiger partial charge in [0.15, 0.2) is 0 Å². The molecule has 1 saturated carbocycles. The number of hydrogen-bond donors (Lipinski definition) is 0. The van der Waals surface area contributed by atoms with Crippen LogP contribution in [0.3, 0.4) is 0 Å². The van der Waals surface area contributed by atoms with Crippen LogP contribution in [0.5, 0.6) is 0 Å². The lowest BCUT2D eigenvalue weighted by atomic mass is 9.63. The molecule has 1 nitrogen and oxygen atoms in total. The quantitative estimate of drug-likeness (QED) is 0.562. The maximum atomic E-state index is 6.32. The van der Waals surface area contributed by atoms with Crippen LogP contribution in [0.15, 0.2) is 0 Å². The molecule has 1 aliphatic heterocycles. The van der Waals surface area contributed by atoms with E-state index in [2.05, 4.69) is 25.8 Å². The van der Waals surface area contributed by atoms with Gasteiger partial charge >= 0.3 is 0 Å². The molecule has 0 spiro atoms. The maximum absolute atomic E-state index is 6.32. The zero-order chi connectivity index (χ0) is 10.3. The van der Waals surface area contributed by atoms with Crippen molar-refractivity contribution in [2.24, 2.45) is 11.8 Å². The fourth-order valence-electron chi connectivity index (χ4n) is 3.58. The number of hydrogen-bond acceptors (Lipinski definition) is 1. The van der Waals surface area contributed by atoms with Gasteiger partial charge in [-0.2, -0.15) is 0 Å². The number of fused-ring (bicyclic) bond motifs is 1. The van der Waals surface area contributed by atoms with Crippen molar-refractivity contribution in [3.8, 4) is 0 Å². The van der Waals surface area contributed by atoms with Crippen molar-refractivity contribution in [3.63, 3.8) is 0 Å². The molecule has 0 aromatic heterocycles. The second kappa shape index (κ2) is 3.68. The van der Waals surface area contributed by atoms with Crippen LogP contribution in [0, 0.1) is 11.8 Å². The molecule has 2 fully saturated rings. The van der Waals surface area contributed by atoms with E-state index in [1.807, 2.05) is 0 Å². The molecule has 3 unspecified atom stereocenters. The number of halogens is 1. The predicted octanol–water partition coefficient (Wildman–Crippen LogP) is 3.12. The molecule has 2 heteroatoms. The van der Waals surface area contributed by atoms with Gasteiger partial charge in [0.2, 0.25) is 0 Å². The molecule has 1 heterocycles. The molecule has 0 aromatic rings. The average molecular weight is 216 g/mol. The van der Waals surface area contributed by atoms with E-state index in [1.54, 1.807) is 0 Å². The molecule has 0 radical (unpaired) electrons. The topological polar surface area (TPSA) is 3.24 Å². The van der Waals surface area contributed by atoms with Crippen molar-refractivity contribution in [2.45, 2.75) is 50.4 Å². The molecule has 82 valence electrons. The summed E-state index contributed by atoms with van der Waals surface area (Å²) in [6.07, 6.45) is 5.16. The lowest BCUT2D eigenvalue weighted by Gasteiger charge is -2.56. The van der Waals surface area contributed by atoms with E-state index in [9.17, 15) is 0 Å². The first kappa shape index (κ1) is 10.8. The monoisotopic (exact) mass is 215 g/mol. The molecular weight excluding hydrogens is 194 g/mol. The molecular formula is C12H22ClN. The maximum Gasteiger partial charge on any atom is 0.0342 e. The Morgan fingerprint density at radius 2 is 2.07 bits per heavy atom. The Morgan fingerprint density at radius 3 is 2.79 bits per heavy atom. The van der Waals surface area contributed by atoms with Crippen molar-refractivity contribution in [1.29, 1.82) is 0 Å². The number of piperidine rings is 1. The molecule has 0 bridgehead atoms. The van der Waals surface area contributed by atoms with Crippen LogP contribution in [-0.2, 0) is 0 Å². The zero-order valence-electron chi connectivity index (χ0n) is 9.59. The second-order valence-corrected chi connectivity index (χ2v) is 6.07. The van der Waals surface area contributed by atoms with Gasteiger partial charge < -0.3 is 4.90 Å². The highest BCUT2D eigenvalue weighted by atomic mass is 35.5. The minimum Gasteiger partial charge on any atom is -0.300 e.